The lowest BCUT2D eigenvalue weighted by atomic mass is 10.1. The molecule has 1 N–H and O–H groups in total. The highest BCUT2D eigenvalue weighted by atomic mass is 19.4. The minimum Gasteiger partial charge on any atom is -0.462 e. The zero-order valence-electron chi connectivity index (χ0n) is 13.7. The van der Waals surface area contributed by atoms with Gasteiger partial charge in [-0.3, -0.25) is 9.78 Å². The first-order valence-electron chi connectivity index (χ1n) is 7.58. The number of pyridine rings is 1. The van der Waals surface area contributed by atoms with Crippen molar-refractivity contribution in [1.82, 2.24) is 4.98 Å². The van der Waals surface area contributed by atoms with Crippen molar-refractivity contribution >= 4 is 23.1 Å². The molecule has 0 unspecified atom stereocenters. The number of aromatic nitrogens is 1. The van der Waals surface area contributed by atoms with E-state index in [0.717, 1.165) is 0 Å². The molecule has 1 aromatic heterocycles. The van der Waals surface area contributed by atoms with E-state index in [2.05, 4.69) is 10.3 Å². The van der Waals surface area contributed by atoms with E-state index in [1.807, 2.05) is 0 Å². The van der Waals surface area contributed by atoms with Gasteiger partial charge in [0.15, 0.2) is 0 Å². The van der Waals surface area contributed by atoms with Gasteiger partial charge in [0.25, 0.3) is 5.78 Å². The van der Waals surface area contributed by atoms with Crippen LogP contribution >= 0.6 is 0 Å². The van der Waals surface area contributed by atoms with Crippen molar-refractivity contribution in [2.24, 2.45) is 0 Å². The van der Waals surface area contributed by atoms with Crippen molar-refractivity contribution in [2.45, 2.75) is 13.1 Å². The normalized spacial score (nSPS) is 11.8. The maximum absolute atomic E-state index is 12.6. The van der Waals surface area contributed by atoms with Crippen molar-refractivity contribution < 1.29 is 27.5 Å². The summed E-state index contributed by atoms with van der Waals surface area (Å²) in [5.41, 5.74) is 1.01. The van der Waals surface area contributed by atoms with E-state index in [1.165, 1.54) is 48.8 Å². The van der Waals surface area contributed by atoms with Crippen LogP contribution in [0, 0.1) is 0 Å². The van der Waals surface area contributed by atoms with Crippen LogP contribution in [0.1, 0.15) is 22.8 Å². The Morgan fingerprint density at radius 2 is 1.69 bits per heavy atom. The number of nitrogens with one attached hydrogen (secondary N) is 1. The summed E-state index contributed by atoms with van der Waals surface area (Å²) < 4.78 is 42.6. The monoisotopic (exact) mass is 364 g/mol. The van der Waals surface area contributed by atoms with Gasteiger partial charge in [-0.25, -0.2) is 4.79 Å². The third kappa shape index (κ3) is 5.17. The summed E-state index contributed by atoms with van der Waals surface area (Å²) in [6, 6.07) is 8.87. The summed E-state index contributed by atoms with van der Waals surface area (Å²) in [6.45, 7) is 1.91. The van der Waals surface area contributed by atoms with E-state index in [9.17, 15) is 22.8 Å². The summed E-state index contributed by atoms with van der Waals surface area (Å²) in [5, 5.41) is 2.76. The van der Waals surface area contributed by atoms with Crippen molar-refractivity contribution in [2.75, 3.05) is 11.9 Å². The third-order valence-electron chi connectivity index (χ3n) is 3.22. The number of carbonyl (C=O) groups is 2. The fourth-order valence-corrected chi connectivity index (χ4v) is 2.00. The van der Waals surface area contributed by atoms with E-state index >= 15 is 0 Å². The lowest BCUT2D eigenvalue weighted by Gasteiger charge is -2.12. The number of nitrogens with zero attached hydrogens (tertiary/aromatic N) is 1. The van der Waals surface area contributed by atoms with Crippen molar-refractivity contribution in [3.8, 4) is 0 Å². The van der Waals surface area contributed by atoms with E-state index in [4.69, 9.17) is 4.74 Å². The molecule has 136 valence electrons. The summed E-state index contributed by atoms with van der Waals surface area (Å²) in [5.74, 6) is -2.49. The number of esters is 1. The molecule has 0 radical (unpaired) electrons. The standard InChI is InChI=1S/C18H15F3N2O3/c1-2-26-17(25)13-3-5-14(6-4-13)23-15(11-16(24)18(19,20)21)12-7-9-22-10-8-12/h3-11,23H,2H2,1H3/b15-11-. The Hall–Kier alpha value is -3.16. The number of hydrogen-bond acceptors (Lipinski definition) is 5. The summed E-state index contributed by atoms with van der Waals surface area (Å²) in [6.07, 6.45) is -1.71. The summed E-state index contributed by atoms with van der Waals surface area (Å²) in [7, 11) is 0. The van der Waals surface area contributed by atoms with Gasteiger partial charge in [-0.2, -0.15) is 13.2 Å². The molecule has 26 heavy (non-hydrogen) atoms. The number of ether oxygens (including phenoxy) is 1. The van der Waals surface area contributed by atoms with Gasteiger partial charge < -0.3 is 10.1 Å². The van der Waals surface area contributed by atoms with Crippen LogP contribution in [-0.2, 0) is 9.53 Å². The molecule has 0 amide bonds. The molecule has 5 nitrogen and oxygen atoms in total. The van der Waals surface area contributed by atoms with Gasteiger partial charge >= 0.3 is 12.1 Å². The first kappa shape index (κ1) is 19.2. The summed E-state index contributed by atoms with van der Waals surface area (Å²) >= 11 is 0. The average Bonchev–Trinajstić information content (AvgIpc) is 2.62. The van der Waals surface area contributed by atoms with Gasteiger partial charge in [0.1, 0.15) is 0 Å². The topological polar surface area (TPSA) is 68.3 Å². The van der Waals surface area contributed by atoms with Crippen LogP contribution in [0.5, 0.6) is 0 Å². The Bertz CT molecular complexity index is 801. The van der Waals surface area contributed by atoms with Crippen LogP contribution in [0.4, 0.5) is 18.9 Å². The molecule has 8 heteroatoms. The molecule has 0 bridgehead atoms. The molecule has 0 fully saturated rings. The van der Waals surface area contributed by atoms with Crippen LogP contribution in [0.3, 0.4) is 0 Å². The number of alkyl halides is 3. The largest absolute Gasteiger partial charge is 0.462 e. The number of anilines is 1. The van der Waals surface area contributed by atoms with Gasteiger partial charge in [0.2, 0.25) is 0 Å². The van der Waals surface area contributed by atoms with E-state index in [1.54, 1.807) is 6.92 Å². The lowest BCUT2D eigenvalue weighted by molar-refractivity contribution is -0.165. The van der Waals surface area contributed by atoms with Crippen LogP contribution in [-0.4, -0.2) is 29.5 Å². The quantitative estimate of drug-likeness (QED) is 0.623. The Morgan fingerprint density at radius 3 is 2.23 bits per heavy atom. The maximum Gasteiger partial charge on any atom is 0.454 e. The highest BCUT2D eigenvalue weighted by Crippen LogP contribution is 2.23. The molecule has 0 saturated heterocycles. The molecular formula is C18H15F3N2O3. The van der Waals surface area contributed by atoms with E-state index < -0.39 is 17.9 Å². The fraction of sp³-hybridized carbons (Fsp3) is 0.167. The Labute approximate surface area is 147 Å². The molecule has 0 aliphatic heterocycles. The summed E-state index contributed by atoms with van der Waals surface area (Å²) in [4.78, 5) is 26.8. The number of hydrogen-bond donors (Lipinski definition) is 1. The van der Waals surface area contributed by atoms with Crippen molar-refractivity contribution in [3.63, 3.8) is 0 Å². The SMILES string of the molecule is CCOC(=O)c1ccc(N/C(=C\C(=O)C(F)(F)F)c2ccncc2)cc1. The van der Waals surface area contributed by atoms with Crippen molar-refractivity contribution in [3.05, 3.63) is 66.0 Å². The second-order valence-corrected chi connectivity index (χ2v) is 5.08. The minimum absolute atomic E-state index is 0.0430. The highest BCUT2D eigenvalue weighted by molar-refractivity contribution is 6.02. The molecular weight excluding hydrogens is 349 g/mol. The second kappa shape index (κ2) is 8.28. The number of allylic oxidation sites excluding steroid dienone is 1. The molecule has 0 spiro atoms. The Balaban J connectivity index is 2.29. The molecule has 2 rings (SSSR count). The molecule has 0 aliphatic carbocycles. The molecule has 1 heterocycles. The van der Waals surface area contributed by atoms with Crippen molar-refractivity contribution in [1.29, 1.82) is 0 Å². The smallest absolute Gasteiger partial charge is 0.454 e. The van der Waals surface area contributed by atoms with E-state index in [0.29, 0.717) is 22.9 Å². The Kier molecular flexibility index (Phi) is 6.11. The first-order valence-corrected chi connectivity index (χ1v) is 7.58. The van der Waals surface area contributed by atoms with Crippen LogP contribution in [0.2, 0.25) is 0 Å². The van der Waals surface area contributed by atoms with Crippen LogP contribution in [0.25, 0.3) is 5.70 Å². The first-order chi connectivity index (χ1) is 12.3. The highest BCUT2D eigenvalue weighted by Gasteiger charge is 2.36. The lowest BCUT2D eigenvalue weighted by Crippen LogP contribution is -2.21. The third-order valence-corrected chi connectivity index (χ3v) is 3.22. The zero-order chi connectivity index (χ0) is 19.2. The zero-order valence-corrected chi connectivity index (χ0v) is 13.7. The van der Waals surface area contributed by atoms with Gasteiger partial charge in [-0.1, -0.05) is 0 Å². The molecule has 2 aromatic rings. The fourth-order valence-electron chi connectivity index (χ4n) is 2.00. The van der Waals surface area contributed by atoms with Gasteiger partial charge in [-0.05, 0) is 43.3 Å². The second-order valence-electron chi connectivity index (χ2n) is 5.08. The molecule has 0 saturated carbocycles. The number of ketones is 1. The van der Waals surface area contributed by atoms with E-state index in [-0.39, 0.29) is 12.3 Å². The molecule has 1 aromatic carbocycles. The average molecular weight is 364 g/mol. The minimum atomic E-state index is -4.98. The Morgan fingerprint density at radius 1 is 1.08 bits per heavy atom. The number of carbonyl (C=O) groups excluding carboxylic acids is 2. The molecule has 0 atom stereocenters. The predicted molar refractivity (Wildman–Crippen MR) is 89.3 cm³/mol. The van der Waals surface area contributed by atoms with Crippen LogP contribution < -0.4 is 5.32 Å². The predicted octanol–water partition coefficient (Wildman–Crippen LogP) is 3.84. The van der Waals surface area contributed by atoms with Crippen LogP contribution in [0.15, 0.2) is 54.9 Å². The van der Waals surface area contributed by atoms with Gasteiger partial charge in [0, 0.05) is 35.4 Å². The van der Waals surface area contributed by atoms with Gasteiger partial charge in [0.05, 0.1) is 12.2 Å². The number of benzene rings is 1. The van der Waals surface area contributed by atoms with Gasteiger partial charge in [-0.15, -0.1) is 0 Å². The number of rotatable bonds is 6. The number of halogens is 3. The maximum atomic E-state index is 12.6. The molecule has 0 aliphatic rings.